The molecule has 0 spiro atoms. The summed E-state index contributed by atoms with van der Waals surface area (Å²) in [5.41, 5.74) is 6.26. The summed E-state index contributed by atoms with van der Waals surface area (Å²) in [5.74, 6) is 0.539. The van der Waals surface area contributed by atoms with Gasteiger partial charge in [-0.25, -0.2) is 0 Å². The summed E-state index contributed by atoms with van der Waals surface area (Å²) in [6.45, 7) is 2.59. The van der Waals surface area contributed by atoms with Crippen LogP contribution in [0.4, 0.5) is 5.82 Å². The van der Waals surface area contributed by atoms with E-state index in [0.29, 0.717) is 18.0 Å². The van der Waals surface area contributed by atoms with Crippen molar-refractivity contribution < 1.29 is 9.84 Å². The van der Waals surface area contributed by atoms with Gasteiger partial charge in [0.15, 0.2) is 0 Å². The largest absolute Gasteiger partial charge is 0.388 e. The second-order valence-corrected chi connectivity index (χ2v) is 3.44. The molecule has 0 aromatic carbocycles. The smallest absolute Gasteiger partial charge is 0.124 e. The molecule has 5 heteroatoms. The topological polar surface area (TPSA) is 84.2 Å². The molecule has 1 rings (SSSR count). The molecule has 0 aliphatic rings. The van der Waals surface area contributed by atoms with Crippen LogP contribution in [0.1, 0.15) is 25.0 Å². The number of nitrogens with zero attached hydrogens (tertiary/aromatic N) is 1. The number of hydrogen-bond donors (Lipinski definition) is 3. The van der Waals surface area contributed by atoms with E-state index < -0.39 is 6.10 Å². The maximum atomic E-state index is 9.89. The minimum absolute atomic E-state index is 0.106. The van der Waals surface area contributed by atoms with Crippen molar-refractivity contribution in [2.75, 3.05) is 19.5 Å². The molecule has 0 fully saturated rings. The number of nitrogens with two attached hydrogens (primary N) is 1. The maximum Gasteiger partial charge on any atom is 0.124 e. The SMILES string of the molecule is COCCC(C)C(O)c1cn[nH]c1N. The van der Waals surface area contributed by atoms with Gasteiger partial charge in [0.05, 0.1) is 12.3 Å². The van der Waals surface area contributed by atoms with Crippen LogP contribution < -0.4 is 5.73 Å². The van der Waals surface area contributed by atoms with Gasteiger partial charge in [0, 0.05) is 19.3 Å². The van der Waals surface area contributed by atoms with Crippen molar-refractivity contribution in [2.24, 2.45) is 5.92 Å². The van der Waals surface area contributed by atoms with Crippen LogP contribution in [0.2, 0.25) is 0 Å². The Morgan fingerprint density at radius 2 is 2.43 bits per heavy atom. The summed E-state index contributed by atoms with van der Waals surface area (Å²) in [6.07, 6.45) is 1.77. The molecule has 5 nitrogen and oxygen atoms in total. The van der Waals surface area contributed by atoms with Crippen LogP contribution in [0.5, 0.6) is 0 Å². The molecule has 0 bridgehead atoms. The highest BCUT2D eigenvalue weighted by Gasteiger charge is 2.19. The number of ether oxygens (including phenoxy) is 1. The molecule has 80 valence electrons. The quantitative estimate of drug-likeness (QED) is 0.651. The Hall–Kier alpha value is -1.07. The fourth-order valence-electron chi connectivity index (χ4n) is 1.31. The van der Waals surface area contributed by atoms with Gasteiger partial charge in [-0.2, -0.15) is 5.10 Å². The highest BCUT2D eigenvalue weighted by molar-refractivity contribution is 5.38. The molecule has 4 N–H and O–H groups in total. The second kappa shape index (κ2) is 4.97. The number of aliphatic hydroxyl groups is 1. The number of hydrogen-bond acceptors (Lipinski definition) is 4. The van der Waals surface area contributed by atoms with E-state index in [-0.39, 0.29) is 5.92 Å². The molecule has 2 atom stereocenters. The van der Waals surface area contributed by atoms with Gasteiger partial charge in [-0.15, -0.1) is 0 Å². The number of aromatic amines is 1. The fraction of sp³-hybridized carbons (Fsp3) is 0.667. The van der Waals surface area contributed by atoms with E-state index in [2.05, 4.69) is 10.2 Å². The Morgan fingerprint density at radius 1 is 1.71 bits per heavy atom. The van der Waals surface area contributed by atoms with Gasteiger partial charge in [0.1, 0.15) is 5.82 Å². The molecule has 0 saturated carbocycles. The minimum Gasteiger partial charge on any atom is -0.388 e. The zero-order valence-corrected chi connectivity index (χ0v) is 8.53. The number of aromatic nitrogens is 2. The lowest BCUT2D eigenvalue weighted by Gasteiger charge is -2.17. The average molecular weight is 199 g/mol. The molecule has 0 aliphatic carbocycles. The lowest BCUT2D eigenvalue weighted by molar-refractivity contribution is 0.0891. The lowest BCUT2D eigenvalue weighted by atomic mass is 9.96. The minimum atomic E-state index is -0.580. The fourth-order valence-corrected chi connectivity index (χ4v) is 1.31. The zero-order chi connectivity index (χ0) is 10.6. The first-order chi connectivity index (χ1) is 6.66. The van der Waals surface area contributed by atoms with Gasteiger partial charge in [-0.1, -0.05) is 6.92 Å². The van der Waals surface area contributed by atoms with Crippen LogP contribution in [0, 0.1) is 5.92 Å². The van der Waals surface area contributed by atoms with Crippen molar-refractivity contribution in [3.8, 4) is 0 Å². The number of H-pyrrole nitrogens is 1. The van der Waals surface area contributed by atoms with E-state index in [4.69, 9.17) is 10.5 Å². The van der Waals surface area contributed by atoms with Crippen LogP contribution in [-0.4, -0.2) is 29.0 Å². The second-order valence-electron chi connectivity index (χ2n) is 3.44. The highest BCUT2D eigenvalue weighted by Crippen LogP contribution is 2.26. The number of nitrogens with one attached hydrogen (secondary N) is 1. The van der Waals surface area contributed by atoms with E-state index in [1.807, 2.05) is 6.92 Å². The number of rotatable bonds is 5. The summed E-state index contributed by atoms with van der Waals surface area (Å²) in [7, 11) is 1.64. The van der Waals surface area contributed by atoms with Crippen molar-refractivity contribution in [1.29, 1.82) is 0 Å². The van der Waals surface area contributed by atoms with Crippen molar-refractivity contribution >= 4 is 5.82 Å². The molecule has 1 aromatic heterocycles. The first-order valence-corrected chi connectivity index (χ1v) is 4.62. The summed E-state index contributed by atoms with van der Waals surface area (Å²) in [6, 6.07) is 0. The van der Waals surface area contributed by atoms with E-state index in [1.54, 1.807) is 13.3 Å². The van der Waals surface area contributed by atoms with E-state index in [9.17, 15) is 5.11 Å². The molecular weight excluding hydrogens is 182 g/mol. The predicted octanol–water partition coefficient (Wildman–Crippen LogP) is 0.698. The Balaban J connectivity index is 2.56. The average Bonchev–Trinajstić information content (AvgIpc) is 2.59. The number of nitrogen functional groups attached to an aromatic ring is 1. The summed E-state index contributed by atoms with van der Waals surface area (Å²) in [4.78, 5) is 0. The van der Waals surface area contributed by atoms with Crippen LogP contribution in [0.3, 0.4) is 0 Å². The molecule has 0 saturated heterocycles. The Bertz CT molecular complexity index is 275. The molecule has 2 unspecified atom stereocenters. The van der Waals surface area contributed by atoms with Gasteiger partial charge >= 0.3 is 0 Å². The third-order valence-corrected chi connectivity index (χ3v) is 2.33. The lowest BCUT2D eigenvalue weighted by Crippen LogP contribution is -2.12. The van der Waals surface area contributed by atoms with Gasteiger partial charge in [-0.05, 0) is 12.3 Å². The third-order valence-electron chi connectivity index (χ3n) is 2.33. The molecule has 1 aromatic rings. The van der Waals surface area contributed by atoms with E-state index in [0.717, 1.165) is 6.42 Å². The van der Waals surface area contributed by atoms with Gasteiger partial charge < -0.3 is 15.6 Å². The molecule has 0 aliphatic heterocycles. The first kappa shape index (κ1) is 11.0. The Labute approximate surface area is 83.3 Å². The van der Waals surface area contributed by atoms with Crippen molar-refractivity contribution in [3.63, 3.8) is 0 Å². The number of anilines is 1. The Morgan fingerprint density at radius 3 is 2.93 bits per heavy atom. The standard InChI is InChI=1S/C9H17N3O2/c1-6(3-4-14-2)8(13)7-5-11-12-9(7)10/h5-6,8,13H,3-4H2,1-2H3,(H3,10,11,12). The third kappa shape index (κ3) is 2.46. The zero-order valence-electron chi connectivity index (χ0n) is 8.53. The monoisotopic (exact) mass is 199 g/mol. The Kier molecular flexibility index (Phi) is 3.91. The maximum absolute atomic E-state index is 9.89. The highest BCUT2D eigenvalue weighted by atomic mass is 16.5. The molecular formula is C9H17N3O2. The van der Waals surface area contributed by atoms with Gasteiger partial charge in [0.25, 0.3) is 0 Å². The van der Waals surface area contributed by atoms with E-state index in [1.165, 1.54) is 0 Å². The molecule has 0 radical (unpaired) electrons. The predicted molar refractivity (Wildman–Crippen MR) is 53.6 cm³/mol. The van der Waals surface area contributed by atoms with Crippen LogP contribution in [0.15, 0.2) is 6.20 Å². The van der Waals surface area contributed by atoms with Crippen molar-refractivity contribution in [3.05, 3.63) is 11.8 Å². The van der Waals surface area contributed by atoms with Gasteiger partial charge in [0.2, 0.25) is 0 Å². The number of methoxy groups -OCH3 is 1. The summed E-state index contributed by atoms with van der Waals surface area (Å²) >= 11 is 0. The van der Waals surface area contributed by atoms with E-state index >= 15 is 0 Å². The molecule has 14 heavy (non-hydrogen) atoms. The molecule has 0 amide bonds. The van der Waals surface area contributed by atoms with Crippen molar-refractivity contribution in [2.45, 2.75) is 19.4 Å². The summed E-state index contributed by atoms with van der Waals surface area (Å²) in [5, 5.41) is 16.3. The van der Waals surface area contributed by atoms with Gasteiger partial charge in [-0.3, -0.25) is 5.10 Å². The van der Waals surface area contributed by atoms with Crippen molar-refractivity contribution in [1.82, 2.24) is 10.2 Å². The number of aliphatic hydroxyl groups excluding tert-OH is 1. The normalized spacial score (nSPS) is 15.4. The first-order valence-electron chi connectivity index (χ1n) is 4.62. The molecule has 1 heterocycles. The van der Waals surface area contributed by atoms with Crippen LogP contribution in [0.25, 0.3) is 0 Å². The summed E-state index contributed by atoms with van der Waals surface area (Å²) < 4.78 is 4.94. The van der Waals surface area contributed by atoms with Crippen LogP contribution in [-0.2, 0) is 4.74 Å². The van der Waals surface area contributed by atoms with Crippen LogP contribution >= 0.6 is 0 Å².